The molecule has 15 heavy (non-hydrogen) atoms. The average Bonchev–Trinajstić information content (AvgIpc) is 2.59. The summed E-state index contributed by atoms with van der Waals surface area (Å²) in [5, 5.41) is 10.7. The Labute approximate surface area is 88.5 Å². The molecule has 1 saturated heterocycles. The van der Waals surface area contributed by atoms with Crippen LogP contribution in [0.25, 0.3) is 0 Å². The molecular weight excluding hydrogens is 192 g/mol. The molecule has 1 aliphatic heterocycles. The van der Waals surface area contributed by atoms with Crippen LogP contribution >= 0.6 is 0 Å². The van der Waals surface area contributed by atoms with Crippen LogP contribution in [0.5, 0.6) is 0 Å². The Balaban J connectivity index is 2.13. The van der Waals surface area contributed by atoms with Gasteiger partial charge < -0.3 is 5.11 Å². The Hall–Kier alpha value is -1.55. The lowest BCUT2D eigenvalue weighted by molar-refractivity contribution is -0.121. The van der Waals surface area contributed by atoms with Crippen molar-refractivity contribution in [3.8, 4) is 0 Å². The largest absolute Gasteiger partial charge is 0.392 e. The molecule has 1 atom stereocenters. The predicted octanol–water partition coefficient (Wildman–Crippen LogP) is 0.666. The molecule has 1 fully saturated rings. The molecule has 0 bridgehead atoms. The second kappa shape index (κ2) is 3.90. The summed E-state index contributed by atoms with van der Waals surface area (Å²) < 4.78 is 0. The van der Waals surface area contributed by atoms with E-state index < -0.39 is 0 Å². The molecule has 1 heterocycles. The second-order valence-corrected chi connectivity index (χ2v) is 3.81. The third kappa shape index (κ3) is 1.94. The molecule has 2 rings (SSSR count). The summed E-state index contributed by atoms with van der Waals surface area (Å²) in [6, 6.07) is 7.49. The summed E-state index contributed by atoms with van der Waals surface area (Å²) in [4.78, 5) is 11.3. The van der Waals surface area contributed by atoms with E-state index >= 15 is 0 Å². The molecule has 80 valence electrons. The van der Waals surface area contributed by atoms with Gasteiger partial charge in [-0.3, -0.25) is 15.2 Å². The number of aliphatic hydroxyl groups is 1. The predicted molar refractivity (Wildman–Crippen MR) is 57.0 cm³/mol. The van der Waals surface area contributed by atoms with E-state index in [2.05, 4.69) is 5.43 Å². The quantitative estimate of drug-likeness (QED) is 0.747. The highest BCUT2D eigenvalue weighted by Crippen LogP contribution is 2.18. The van der Waals surface area contributed by atoms with Crippen molar-refractivity contribution in [2.24, 2.45) is 5.92 Å². The van der Waals surface area contributed by atoms with Gasteiger partial charge in [0.15, 0.2) is 0 Å². The van der Waals surface area contributed by atoms with Gasteiger partial charge in [-0.25, -0.2) is 0 Å². The van der Waals surface area contributed by atoms with E-state index in [1.807, 2.05) is 36.2 Å². The van der Waals surface area contributed by atoms with Gasteiger partial charge in [-0.05, 0) is 17.7 Å². The van der Waals surface area contributed by atoms with Crippen LogP contribution in [0.1, 0.15) is 12.5 Å². The lowest BCUT2D eigenvalue weighted by Gasteiger charge is -2.17. The topological polar surface area (TPSA) is 52.6 Å². The highest BCUT2D eigenvalue weighted by atomic mass is 16.3. The van der Waals surface area contributed by atoms with E-state index in [0.29, 0.717) is 6.54 Å². The van der Waals surface area contributed by atoms with Crippen molar-refractivity contribution in [1.29, 1.82) is 0 Å². The third-order valence-electron chi connectivity index (χ3n) is 2.58. The number of nitrogens with one attached hydrogen (secondary N) is 1. The number of carbonyl (C=O) groups is 1. The minimum Gasteiger partial charge on any atom is -0.392 e. The number of hydrogen-bond donors (Lipinski definition) is 2. The maximum atomic E-state index is 11.3. The summed E-state index contributed by atoms with van der Waals surface area (Å²) in [6.45, 7) is 2.64. The molecule has 0 aromatic heterocycles. The van der Waals surface area contributed by atoms with Gasteiger partial charge in [0.05, 0.1) is 24.8 Å². The van der Waals surface area contributed by atoms with Crippen molar-refractivity contribution in [1.82, 2.24) is 5.43 Å². The number of rotatable bonds is 2. The molecule has 2 N–H and O–H groups in total. The number of nitrogens with zero attached hydrogens (tertiary/aromatic N) is 1. The Morgan fingerprint density at radius 3 is 2.60 bits per heavy atom. The Morgan fingerprint density at radius 2 is 2.13 bits per heavy atom. The van der Waals surface area contributed by atoms with E-state index in [1.165, 1.54) is 0 Å². The van der Waals surface area contributed by atoms with E-state index in [-0.39, 0.29) is 18.4 Å². The molecular formula is C11H14N2O2. The first kappa shape index (κ1) is 9.98. The van der Waals surface area contributed by atoms with Gasteiger partial charge in [0, 0.05) is 0 Å². The van der Waals surface area contributed by atoms with Gasteiger partial charge in [-0.1, -0.05) is 19.1 Å². The van der Waals surface area contributed by atoms with E-state index in [1.54, 1.807) is 0 Å². The van der Waals surface area contributed by atoms with E-state index in [9.17, 15) is 4.79 Å². The van der Waals surface area contributed by atoms with Crippen molar-refractivity contribution in [2.75, 3.05) is 11.6 Å². The zero-order valence-corrected chi connectivity index (χ0v) is 8.60. The highest BCUT2D eigenvalue weighted by molar-refractivity contribution is 5.83. The van der Waals surface area contributed by atoms with Crippen LogP contribution in [0.3, 0.4) is 0 Å². The second-order valence-electron chi connectivity index (χ2n) is 3.81. The zero-order valence-electron chi connectivity index (χ0n) is 8.60. The highest BCUT2D eigenvalue weighted by Gasteiger charge is 2.26. The minimum atomic E-state index is 0.0301. The van der Waals surface area contributed by atoms with Crippen molar-refractivity contribution in [3.05, 3.63) is 29.8 Å². The summed E-state index contributed by atoms with van der Waals surface area (Å²) in [7, 11) is 0. The van der Waals surface area contributed by atoms with Crippen LogP contribution in [0, 0.1) is 5.92 Å². The number of carbonyl (C=O) groups excluding carboxylic acids is 1. The van der Waals surface area contributed by atoms with Gasteiger partial charge in [0.2, 0.25) is 5.91 Å². The maximum absolute atomic E-state index is 11.3. The average molecular weight is 206 g/mol. The Bertz CT molecular complexity index is 361. The van der Waals surface area contributed by atoms with Crippen LogP contribution in [-0.4, -0.2) is 17.6 Å². The number of amides is 1. The molecule has 0 radical (unpaired) electrons. The summed E-state index contributed by atoms with van der Waals surface area (Å²) in [5.74, 6) is 0.0868. The number of hydrogen-bond acceptors (Lipinski definition) is 3. The molecule has 4 nitrogen and oxygen atoms in total. The van der Waals surface area contributed by atoms with Gasteiger partial charge in [0.1, 0.15) is 0 Å². The first-order valence-corrected chi connectivity index (χ1v) is 4.98. The maximum Gasteiger partial charge on any atom is 0.243 e. The molecule has 1 aromatic rings. The smallest absolute Gasteiger partial charge is 0.243 e. The first-order chi connectivity index (χ1) is 7.20. The summed E-state index contributed by atoms with van der Waals surface area (Å²) >= 11 is 0. The third-order valence-corrected chi connectivity index (χ3v) is 2.58. The fourth-order valence-corrected chi connectivity index (χ4v) is 1.60. The summed E-state index contributed by atoms with van der Waals surface area (Å²) in [6.07, 6.45) is 0. The van der Waals surface area contributed by atoms with Gasteiger partial charge >= 0.3 is 0 Å². The molecule has 1 unspecified atom stereocenters. The molecule has 1 aromatic carbocycles. The fourth-order valence-electron chi connectivity index (χ4n) is 1.60. The minimum absolute atomic E-state index is 0.0301. The van der Waals surface area contributed by atoms with Crippen molar-refractivity contribution in [3.63, 3.8) is 0 Å². The molecule has 0 spiro atoms. The Kier molecular flexibility index (Phi) is 2.60. The number of benzene rings is 1. The molecule has 0 aliphatic carbocycles. The van der Waals surface area contributed by atoms with Crippen molar-refractivity contribution < 1.29 is 9.90 Å². The van der Waals surface area contributed by atoms with Crippen LogP contribution in [0.4, 0.5) is 5.69 Å². The monoisotopic (exact) mass is 206 g/mol. The molecule has 4 heteroatoms. The van der Waals surface area contributed by atoms with Crippen LogP contribution in [-0.2, 0) is 11.4 Å². The standard InChI is InChI=1S/C11H14N2O2/c1-8-6-13(12-11(8)15)10-4-2-9(7-14)3-5-10/h2-5,8,14H,6-7H2,1H3,(H,12,15). The normalized spacial score (nSPS) is 20.5. The first-order valence-electron chi connectivity index (χ1n) is 4.98. The van der Waals surface area contributed by atoms with Crippen molar-refractivity contribution in [2.45, 2.75) is 13.5 Å². The summed E-state index contributed by atoms with van der Waals surface area (Å²) in [5.41, 5.74) is 4.61. The zero-order chi connectivity index (χ0) is 10.8. The number of anilines is 1. The number of hydrazine groups is 1. The van der Waals surface area contributed by atoms with Gasteiger partial charge in [-0.2, -0.15) is 0 Å². The SMILES string of the molecule is CC1CN(c2ccc(CO)cc2)NC1=O. The van der Waals surface area contributed by atoms with Gasteiger partial charge in [-0.15, -0.1) is 0 Å². The van der Waals surface area contributed by atoms with Crippen LogP contribution in [0.15, 0.2) is 24.3 Å². The van der Waals surface area contributed by atoms with Crippen molar-refractivity contribution >= 4 is 11.6 Å². The molecule has 1 aliphatic rings. The molecule has 1 amide bonds. The van der Waals surface area contributed by atoms with Crippen LogP contribution < -0.4 is 10.4 Å². The van der Waals surface area contributed by atoms with Gasteiger partial charge in [0.25, 0.3) is 0 Å². The Morgan fingerprint density at radius 1 is 1.47 bits per heavy atom. The molecule has 0 saturated carbocycles. The van der Waals surface area contributed by atoms with Crippen LogP contribution in [0.2, 0.25) is 0 Å². The van der Waals surface area contributed by atoms with E-state index in [0.717, 1.165) is 11.3 Å². The lowest BCUT2D eigenvalue weighted by atomic mass is 10.2. The lowest BCUT2D eigenvalue weighted by Crippen LogP contribution is -2.32. The van der Waals surface area contributed by atoms with E-state index in [4.69, 9.17) is 5.11 Å². The number of aliphatic hydroxyl groups excluding tert-OH is 1. The fraction of sp³-hybridized carbons (Fsp3) is 0.364.